The van der Waals surface area contributed by atoms with Gasteiger partial charge < -0.3 is 30.2 Å². The van der Waals surface area contributed by atoms with Crippen molar-refractivity contribution in [2.75, 3.05) is 42.9 Å². The molecular formula is C34H40N6O5. The van der Waals surface area contributed by atoms with Gasteiger partial charge in [0, 0.05) is 57.5 Å². The number of piperidine rings is 1. The summed E-state index contributed by atoms with van der Waals surface area (Å²) in [5.41, 5.74) is 2.46. The Morgan fingerprint density at radius 1 is 1.02 bits per heavy atom. The van der Waals surface area contributed by atoms with Crippen LogP contribution in [-0.2, 0) is 15.1 Å². The third-order valence-corrected chi connectivity index (χ3v) is 8.95. The summed E-state index contributed by atoms with van der Waals surface area (Å²) in [5.74, 6) is 0.281. The zero-order valence-corrected chi connectivity index (χ0v) is 25.6. The minimum atomic E-state index is -0.494. The molecular weight excluding hydrogens is 572 g/mol. The zero-order chi connectivity index (χ0) is 31.4. The van der Waals surface area contributed by atoms with E-state index in [0.717, 1.165) is 37.1 Å². The molecule has 45 heavy (non-hydrogen) atoms. The van der Waals surface area contributed by atoms with Gasteiger partial charge >= 0.3 is 0 Å². The van der Waals surface area contributed by atoms with E-state index < -0.39 is 11.4 Å². The van der Waals surface area contributed by atoms with Gasteiger partial charge in [-0.05, 0) is 62.3 Å². The molecule has 1 aromatic heterocycles. The number of hydrogen-bond acceptors (Lipinski definition) is 7. The highest BCUT2D eigenvalue weighted by Crippen LogP contribution is 2.40. The number of hydrogen-bond donors (Lipinski definition) is 3. The molecule has 6 rings (SSSR count). The van der Waals surface area contributed by atoms with Crippen LogP contribution in [0, 0.1) is 0 Å². The molecule has 3 heterocycles. The Bertz CT molecular complexity index is 1560. The molecule has 11 heteroatoms. The fourth-order valence-electron chi connectivity index (χ4n) is 6.37. The minimum absolute atomic E-state index is 0.0826. The number of amides is 4. The van der Waals surface area contributed by atoms with Gasteiger partial charge in [-0.2, -0.15) is 0 Å². The van der Waals surface area contributed by atoms with Crippen LogP contribution < -0.4 is 20.9 Å². The standard InChI is InChI=1S/C34H40N6O5/c1-23(41)38-34(26-7-3-2-4-8-26)14-19-39(20-15-34)29-13-12-25(31(43)35-16-6-18-40-17-5-9-30(40)42)21-27(29)36-32(44)28-22-45-33(37-28)24-10-11-24/h2-4,7-8,12-13,21-22,24H,5-6,9-11,14-20H2,1H3,(H,35,43)(H,36,44)(H,38,41). The molecule has 236 valence electrons. The SMILES string of the molecule is CC(=O)NC1(c2ccccc2)CCN(c2ccc(C(=O)NCCCN3CCCC3=O)cc2NC(=O)c2coc(C3CC3)n2)CC1. The number of carbonyl (C=O) groups excluding carboxylic acids is 4. The first-order chi connectivity index (χ1) is 21.8. The fourth-order valence-corrected chi connectivity index (χ4v) is 6.37. The van der Waals surface area contributed by atoms with E-state index in [1.165, 1.54) is 6.26 Å². The molecule has 11 nitrogen and oxygen atoms in total. The molecule has 0 unspecified atom stereocenters. The number of nitrogens with zero attached hydrogens (tertiary/aromatic N) is 3. The number of nitrogens with one attached hydrogen (secondary N) is 3. The average molecular weight is 613 g/mol. The number of anilines is 2. The van der Waals surface area contributed by atoms with Gasteiger partial charge in [-0.3, -0.25) is 19.2 Å². The number of aromatic nitrogens is 1. The second kappa shape index (κ2) is 13.1. The molecule has 0 radical (unpaired) electrons. The van der Waals surface area contributed by atoms with Crippen LogP contribution in [0.2, 0.25) is 0 Å². The molecule has 0 atom stereocenters. The average Bonchev–Trinajstić information content (AvgIpc) is 3.62. The van der Waals surface area contributed by atoms with Gasteiger partial charge in [-0.15, -0.1) is 0 Å². The smallest absolute Gasteiger partial charge is 0.277 e. The molecule has 0 bridgehead atoms. The lowest BCUT2D eigenvalue weighted by molar-refractivity contribution is -0.127. The molecule has 1 saturated carbocycles. The van der Waals surface area contributed by atoms with Gasteiger partial charge in [0.1, 0.15) is 6.26 Å². The van der Waals surface area contributed by atoms with Crippen LogP contribution in [0.3, 0.4) is 0 Å². The Morgan fingerprint density at radius 2 is 1.80 bits per heavy atom. The van der Waals surface area contributed by atoms with Crippen molar-refractivity contribution in [1.29, 1.82) is 0 Å². The van der Waals surface area contributed by atoms with Gasteiger partial charge in [0.25, 0.3) is 11.8 Å². The van der Waals surface area contributed by atoms with Crippen molar-refractivity contribution in [2.24, 2.45) is 0 Å². The first kappa shape index (κ1) is 30.4. The van der Waals surface area contributed by atoms with E-state index in [9.17, 15) is 19.2 Å². The van der Waals surface area contributed by atoms with Gasteiger partial charge in [-0.1, -0.05) is 30.3 Å². The van der Waals surface area contributed by atoms with E-state index in [1.54, 1.807) is 19.1 Å². The van der Waals surface area contributed by atoms with Crippen molar-refractivity contribution in [3.05, 3.63) is 77.5 Å². The molecule has 3 aliphatic rings. The summed E-state index contributed by atoms with van der Waals surface area (Å²) in [6, 6.07) is 15.3. The van der Waals surface area contributed by atoms with Gasteiger partial charge in [0.2, 0.25) is 11.8 Å². The van der Waals surface area contributed by atoms with E-state index in [4.69, 9.17) is 4.42 Å². The second-order valence-electron chi connectivity index (χ2n) is 12.2. The van der Waals surface area contributed by atoms with Gasteiger partial charge in [-0.25, -0.2) is 4.98 Å². The van der Waals surface area contributed by atoms with Gasteiger partial charge in [0.15, 0.2) is 11.6 Å². The Hall–Kier alpha value is -4.67. The maximum Gasteiger partial charge on any atom is 0.277 e. The first-order valence-electron chi connectivity index (χ1n) is 15.9. The normalized spacial score (nSPS) is 17.7. The zero-order valence-electron chi connectivity index (χ0n) is 25.6. The third kappa shape index (κ3) is 7.02. The molecule has 3 N–H and O–H groups in total. The molecule has 3 fully saturated rings. The van der Waals surface area contributed by atoms with Gasteiger partial charge in [0.05, 0.1) is 16.9 Å². The number of benzene rings is 2. The van der Waals surface area contributed by atoms with Crippen molar-refractivity contribution in [3.8, 4) is 0 Å². The Labute approximate surface area is 262 Å². The number of likely N-dealkylation sites (tertiary alicyclic amines) is 1. The largest absolute Gasteiger partial charge is 0.448 e. The predicted molar refractivity (Wildman–Crippen MR) is 169 cm³/mol. The first-order valence-corrected chi connectivity index (χ1v) is 15.9. The highest BCUT2D eigenvalue weighted by atomic mass is 16.3. The van der Waals surface area contributed by atoms with Crippen molar-refractivity contribution in [2.45, 2.75) is 63.3 Å². The van der Waals surface area contributed by atoms with Crippen LogP contribution in [0.25, 0.3) is 0 Å². The van der Waals surface area contributed by atoms with Crippen LogP contribution in [-0.4, -0.2) is 66.2 Å². The Morgan fingerprint density at radius 3 is 2.49 bits per heavy atom. The molecule has 2 aromatic carbocycles. The lowest BCUT2D eigenvalue weighted by Gasteiger charge is -2.44. The Kier molecular flexibility index (Phi) is 8.86. The summed E-state index contributed by atoms with van der Waals surface area (Å²) in [6.45, 7) is 4.62. The molecule has 2 aliphatic heterocycles. The second-order valence-corrected chi connectivity index (χ2v) is 12.2. The maximum atomic E-state index is 13.3. The van der Waals surface area contributed by atoms with E-state index in [-0.39, 0.29) is 29.3 Å². The molecule has 3 aromatic rings. The topological polar surface area (TPSA) is 137 Å². The summed E-state index contributed by atoms with van der Waals surface area (Å²) in [4.78, 5) is 59.0. The maximum absolute atomic E-state index is 13.3. The van der Waals surface area contributed by atoms with Crippen LogP contribution in [0.4, 0.5) is 11.4 Å². The molecule has 4 amide bonds. The van der Waals surface area contributed by atoms with Crippen LogP contribution in [0.5, 0.6) is 0 Å². The summed E-state index contributed by atoms with van der Waals surface area (Å²) < 4.78 is 5.55. The Balaban J connectivity index is 1.19. The number of rotatable bonds is 11. The van der Waals surface area contributed by atoms with E-state index >= 15 is 0 Å². The fraction of sp³-hybridized carbons (Fsp3) is 0.441. The monoisotopic (exact) mass is 612 g/mol. The predicted octanol–water partition coefficient (Wildman–Crippen LogP) is 4.18. The number of oxazole rings is 1. The molecule has 2 saturated heterocycles. The minimum Gasteiger partial charge on any atom is -0.448 e. The van der Waals surface area contributed by atoms with E-state index in [0.29, 0.717) is 69.0 Å². The quantitative estimate of drug-likeness (QED) is 0.277. The lowest BCUT2D eigenvalue weighted by Crippen LogP contribution is -2.52. The van der Waals surface area contributed by atoms with Crippen LogP contribution in [0.15, 0.2) is 59.2 Å². The van der Waals surface area contributed by atoms with Crippen molar-refractivity contribution in [1.82, 2.24) is 20.5 Å². The van der Waals surface area contributed by atoms with Crippen molar-refractivity contribution >= 4 is 35.0 Å². The molecule has 1 aliphatic carbocycles. The van der Waals surface area contributed by atoms with Crippen molar-refractivity contribution in [3.63, 3.8) is 0 Å². The highest BCUT2D eigenvalue weighted by Gasteiger charge is 2.37. The highest BCUT2D eigenvalue weighted by molar-refractivity contribution is 6.06. The number of carbonyl (C=O) groups is 4. The van der Waals surface area contributed by atoms with E-state index in [2.05, 4.69) is 25.8 Å². The summed E-state index contributed by atoms with van der Waals surface area (Å²) >= 11 is 0. The third-order valence-electron chi connectivity index (χ3n) is 8.95. The van der Waals surface area contributed by atoms with Crippen LogP contribution in [0.1, 0.15) is 90.1 Å². The summed E-state index contributed by atoms with van der Waals surface area (Å²) in [6.07, 6.45) is 6.89. The molecule has 0 spiro atoms. The van der Waals surface area contributed by atoms with Crippen molar-refractivity contribution < 1.29 is 23.6 Å². The van der Waals surface area contributed by atoms with Crippen LogP contribution >= 0.6 is 0 Å². The summed E-state index contributed by atoms with van der Waals surface area (Å²) in [5, 5.41) is 9.15. The lowest BCUT2D eigenvalue weighted by atomic mass is 9.80. The van der Waals surface area contributed by atoms with E-state index in [1.807, 2.05) is 41.3 Å². The summed E-state index contributed by atoms with van der Waals surface area (Å²) in [7, 11) is 0.